The average molecular weight is 256 g/mol. The topological polar surface area (TPSA) is 69.6 Å². The van der Waals surface area contributed by atoms with E-state index in [1.807, 2.05) is 0 Å². The van der Waals surface area contributed by atoms with Crippen molar-refractivity contribution < 1.29 is 14.7 Å². The van der Waals surface area contributed by atoms with Crippen LogP contribution in [-0.4, -0.2) is 41.1 Å². The van der Waals surface area contributed by atoms with E-state index in [1.54, 1.807) is 0 Å². The van der Waals surface area contributed by atoms with Crippen molar-refractivity contribution >= 4 is 12.0 Å². The Morgan fingerprint density at radius 2 is 2.06 bits per heavy atom. The zero-order valence-electron chi connectivity index (χ0n) is 11.7. The molecule has 0 saturated carbocycles. The van der Waals surface area contributed by atoms with Crippen molar-refractivity contribution in [2.24, 2.45) is 11.3 Å². The number of rotatable bonds is 3. The van der Waals surface area contributed by atoms with E-state index >= 15 is 0 Å². The monoisotopic (exact) mass is 256 g/mol. The van der Waals surface area contributed by atoms with Crippen molar-refractivity contribution in [1.82, 2.24) is 10.2 Å². The molecule has 0 aromatic heterocycles. The number of amides is 2. The van der Waals surface area contributed by atoms with Gasteiger partial charge in [-0.2, -0.15) is 0 Å². The van der Waals surface area contributed by atoms with E-state index in [2.05, 4.69) is 33.0 Å². The number of aliphatic carboxylic acids is 1. The molecule has 2 amide bonds. The Balaban J connectivity index is 2.48. The third-order valence-electron chi connectivity index (χ3n) is 3.84. The number of hydrogen-bond acceptors (Lipinski definition) is 2. The van der Waals surface area contributed by atoms with E-state index in [0.717, 1.165) is 6.42 Å². The molecule has 1 saturated heterocycles. The smallest absolute Gasteiger partial charge is 0.326 e. The van der Waals surface area contributed by atoms with Crippen molar-refractivity contribution in [2.75, 3.05) is 13.1 Å². The minimum absolute atomic E-state index is 0.129. The molecule has 1 aliphatic heterocycles. The fourth-order valence-corrected chi connectivity index (χ4v) is 1.91. The van der Waals surface area contributed by atoms with Crippen molar-refractivity contribution in [3.05, 3.63) is 0 Å². The van der Waals surface area contributed by atoms with Gasteiger partial charge in [-0.1, -0.05) is 27.7 Å². The first-order valence-corrected chi connectivity index (χ1v) is 6.50. The second kappa shape index (κ2) is 5.59. The number of likely N-dealkylation sites (tertiary alicyclic amines) is 1. The lowest BCUT2D eigenvalue weighted by atomic mass is 9.82. The summed E-state index contributed by atoms with van der Waals surface area (Å²) in [6, 6.07) is -0.911. The first kappa shape index (κ1) is 14.8. The highest BCUT2D eigenvalue weighted by Crippen LogP contribution is 2.24. The zero-order chi connectivity index (χ0) is 13.9. The second-order valence-corrected chi connectivity index (χ2v) is 6.14. The predicted octanol–water partition coefficient (Wildman–Crippen LogP) is 1.93. The maximum atomic E-state index is 11.9. The van der Waals surface area contributed by atoms with Gasteiger partial charge in [0.25, 0.3) is 0 Å². The summed E-state index contributed by atoms with van der Waals surface area (Å²) in [5.41, 5.74) is 0.129. The van der Waals surface area contributed by atoms with Crippen LogP contribution in [0, 0.1) is 11.3 Å². The summed E-state index contributed by atoms with van der Waals surface area (Å²) in [6.07, 6.45) is 1.32. The number of urea groups is 1. The van der Waals surface area contributed by atoms with E-state index in [0.29, 0.717) is 25.4 Å². The SMILES string of the molecule is CC(CNC(=O)N1CCC[C@H]1C(=O)O)C(C)(C)C. The molecule has 1 rings (SSSR count). The van der Waals surface area contributed by atoms with Gasteiger partial charge < -0.3 is 15.3 Å². The summed E-state index contributed by atoms with van der Waals surface area (Å²) in [7, 11) is 0. The Hall–Kier alpha value is -1.26. The molecule has 18 heavy (non-hydrogen) atoms. The number of nitrogens with zero attached hydrogens (tertiary/aromatic N) is 1. The standard InChI is InChI=1S/C13H24N2O3/c1-9(13(2,3)4)8-14-12(18)15-7-5-6-10(15)11(16)17/h9-10H,5-8H2,1-4H3,(H,14,18)(H,16,17)/t9?,10-/m0/s1. The molecule has 2 atom stereocenters. The largest absolute Gasteiger partial charge is 0.480 e. The van der Waals surface area contributed by atoms with Crippen LogP contribution >= 0.6 is 0 Å². The van der Waals surface area contributed by atoms with Crippen molar-refractivity contribution in [2.45, 2.75) is 46.6 Å². The molecule has 0 aromatic carbocycles. The fourth-order valence-electron chi connectivity index (χ4n) is 1.91. The normalized spacial score (nSPS) is 21.8. The molecule has 0 spiro atoms. The summed E-state index contributed by atoms with van der Waals surface area (Å²) in [5.74, 6) is -0.571. The highest BCUT2D eigenvalue weighted by atomic mass is 16.4. The van der Waals surface area contributed by atoms with Crippen LogP contribution in [0.3, 0.4) is 0 Å². The molecule has 0 aliphatic carbocycles. The van der Waals surface area contributed by atoms with Crippen LogP contribution in [0.5, 0.6) is 0 Å². The Bertz CT molecular complexity index is 323. The van der Waals surface area contributed by atoms with Crippen molar-refractivity contribution in [1.29, 1.82) is 0 Å². The van der Waals surface area contributed by atoms with Gasteiger partial charge in [0.15, 0.2) is 0 Å². The lowest BCUT2D eigenvalue weighted by molar-refractivity contribution is -0.141. The number of carbonyl (C=O) groups excluding carboxylic acids is 1. The van der Waals surface area contributed by atoms with Gasteiger partial charge in [0.05, 0.1) is 0 Å². The van der Waals surface area contributed by atoms with E-state index in [-0.39, 0.29) is 11.4 Å². The molecular weight excluding hydrogens is 232 g/mol. The van der Waals surface area contributed by atoms with Crippen LogP contribution in [0.1, 0.15) is 40.5 Å². The molecule has 1 heterocycles. The van der Waals surface area contributed by atoms with Crippen LogP contribution in [0.25, 0.3) is 0 Å². The quantitative estimate of drug-likeness (QED) is 0.810. The summed E-state index contributed by atoms with van der Waals surface area (Å²) >= 11 is 0. The van der Waals surface area contributed by atoms with Crippen LogP contribution < -0.4 is 5.32 Å². The number of nitrogens with one attached hydrogen (secondary N) is 1. The summed E-state index contributed by atoms with van der Waals surface area (Å²) in [6.45, 7) is 9.57. The molecule has 1 fully saturated rings. The summed E-state index contributed by atoms with van der Waals surface area (Å²) < 4.78 is 0. The molecule has 1 unspecified atom stereocenters. The van der Waals surface area contributed by atoms with Gasteiger partial charge >= 0.3 is 12.0 Å². The molecule has 5 nitrogen and oxygen atoms in total. The summed E-state index contributed by atoms with van der Waals surface area (Å²) in [5, 5.41) is 11.9. The third kappa shape index (κ3) is 3.62. The Morgan fingerprint density at radius 1 is 1.44 bits per heavy atom. The lowest BCUT2D eigenvalue weighted by Crippen LogP contribution is -2.47. The van der Waals surface area contributed by atoms with Gasteiger partial charge in [0.1, 0.15) is 6.04 Å². The Kier molecular flexibility index (Phi) is 4.59. The van der Waals surface area contributed by atoms with E-state index in [1.165, 1.54) is 4.90 Å². The predicted molar refractivity (Wildman–Crippen MR) is 69.4 cm³/mol. The minimum Gasteiger partial charge on any atom is -0.480 e. The average Bonchev–Trinajstić information content (AvgIpc) is 2.72. The maximum Gasteiger partial charge on any atom is 0.326 e. The second-order valence-electron chi connectivity index (χ2n) is 6.14. The number of carboxylic acid groups (broad SMARTS) is 1. The molecular formula is C13H24N2O3. The number of hydrogen-bond donors (Lipinski definition) is 2. The lowest BCUT2D eigenvalue weighted by Gasteiger charge is -2.29. The molecule has 2 N–H and O–H groups in total. The third-order valence-corrected chi connectivity index (χ3v) is 3.84. The van der Waals surface area contributed by atoms with Gasteiger partial charge in [-0.25, -0.2) is 9.59 Å². The molecule has 1 aliphatic rings. The summed E-state index contributed by atoms with van der Waals surface area (Å²) in [4.78, 5) is 24.4. The van der Waals surface area contributed by atoms with Crippen LogP contribution in [0.15, 0.2) is 0 Å². The number of carbonyl (C=O) groups is 2. The first-order valence-electron chi connectivity index (χ1n) is 6.50. The van der Waals surface area contributed by atoms with Crippen molar-refractivity contribution in [3.8, 4) is 0 Å². The van der Waals surface area contributed by atoms with Gasteiger partial charge in [0, 0.05) is 13.1 Å². The van der Waals surface area contributed by atoms with Gasteiger partial charge in [0.2, 0.25) is 0 Å². The van der Waals surface area contributed by atoms with E-state index in [9.17, 15) is 9.59 Å². The van der Waals surface area contributed by atoms with Gasteiger partial charge in [-0.05, 0) is 24.2 Å². The molecule has 0 bridgehead atoms. The zero-order valence-corrected chi connectivity index (χ0v) is 11.7. The molecule has 0 aromatic rings. The number of carboxylic acids is 1. The highest BCUT2D eigenvalue weighted by Gasteiger charge is 2.34. The Labute approximate surface area is 109 Å². The molecule has 104 valence electrons. The van der Waals surface area contributed by atoms with Crippen LogP contribution in [0.2, 0.25) is 0 Å². The van der Waals surface area contributed by atoms with Gasteiger partial charge in [-0.3, -0.25) is 0 Å². The Morgan fingerprint density at radius 3 is 2.56 bits per heavy atom. The fraction of sp³-hybridized carbons (Fsp3) is 0.846. The first-order chi connectivity index (χ1) is 8.23. The van der Waals surface area contributed by atoms with Crippen LogP contribution in [-0.2, 0) is 4.79 Å². The van der Waals surface area contributed by atoms with E-state index < -0.39 is 12.0 Å². The van der Waals surface area contributed by atoms with E-state index in [4.69, 9.17) is 5.11 Å². The van der Waals surface area contributed by atoms with Crippen LogP contribution in [0.4, 0.5) is 4.79 Å². The highest BCUT2D eigenvalue weighted by molar-refractivity contribution is 5.83. The minimum atomic E-state index is -0.911. The molecule has 0 radical (unpaired) electrons. The maximum absolute atomic E-state index is 11.9. The van der Waals surface area contributed by atoms with Crippen molar-refractivity contribution in [3.63, 3.8) is 0 Å². The van der Waals surface area contributed by atoms with Gasteiger partial charge in [-0.15, -0.1) is 0 Å². The molecule has 5 heteroatoms.